The van der Waals surface area contributed by atoms with E-state index in [-0.39, 0.29) is 0 Å². The lowest BCUT2D eigenvalue weighted by molar-refractivity contribution is -0.142. The number of carboxylic acid groups (broad SMARTS) is 1. The van der Waals surface area contributed by atoms with Crippen LogP contribution in [0, 0.1) is 0 Å². The van der Waals surface area contributed by atoms with Crippen molar-refractivity contribution in [1.29, 1.82) is 0 Å². The summed E-state index contributed by atoms with van der Waals surface area (Å²) in [6.07, 6.45) is -3.47. The van der Waals surface area contributed by atoms with Gasteiger partial charge in [0.1, 0.15) is 6.04 Å². The molecule has 1 fully saturated rings. The van der Waals surface area contributed by atoms with E-state index in [2.05, 4.69) is 4.90 Å². The van der Waals surface area contributed by atoms with Gasteiger partial charge in [-0.3, -0.25) is 14.6 Å². The van der Waals surface area contributed by atoms with Gasteiger partial charge >= 0.3 is 12.1 Å². The number of carbonyl (C=O) groups is 1. The molecule has 1 N–H and O–H groups in total. The Labute approximate surface area is 133 Å². The van der Waals surface area contributed by atoms with Crippen LogP contribution in [-0.2, 0) is 17.5 Å². The van der Waals surface area contributed by atoms with E-state index in [1.165, 1.54) is 12.1 Å². The van der Waals surface area contributed by atoms with Gasteiger partial charge < -0.3 is 5.11 Å². The van der Waals surface area contributed by atoms with E-state index in [1.54, 1.807) is 6.92 Å². The highest BCUT2D eigenvalue weighted by Gasteiger charge is 2.30. The van der Waals surface area contributed by atoms with Crippen molar-refractivity contribution in [1.82, 2.24) is 9.80 Å². The predicted molar refractivity (Wildman–Crippen MR) is 80.0 cm³/mol. The highest BCUT2D eigenvalue weighted by atomic mass is 19.4. The normalized spacial score (nSPS) is 19.3. The Hall–Kier alpha value is -1.60. The first-order valence-electron chi connectivity index (χ1n) is 7.62. The van der Waals surface area contributed by atoms with Crippen molar-refractivity contribution in [3.8, 4) is 0 Å². The first kappa shape index (κ1) is 17.7. The van der Waals surface area contributed by atoms with Crippen molar-refractivity contribution in [2.45, 2.75) is 32.1 Å². The molecule has 0 unspecified atom stereocenters. The van der Waals surface area contributed by atoms with Gasteiger partial charge in [-0.15, -0.1) is 0 Å². The molecule has 23 heavy (non-hydrogen) atoms. The molecule has 2 rings (SSSR count). The van der Waals surface area contributed by atoms with Gasteiger partial charge in [-0.25, -0.2) is 0 Å². The van der Waals surface area contributed by atoms with Gasteiger partial charge in [0.05, 0.1) is 5.56 Å². The third kappa shape index (κ3) is 4.94. The first-order valence-corrected chi connectivity index (χ1v) is 7.62. The maximum atomic E-state index is 12.6. The molecule has 1 aliphatic heterocycles. The molecule has 1 aromatic rings. The van der Waals surface area contributed by atoms with E-state index in [9.17, 15) is 18.0 Å². The summed E-state index contributed by atoms with van der Waals surface area (Å²) in [5.41, 5.74) is 0.191. The average Bonchev–Trinajstić information content (AvgIpc) is 2.71. The van der Waals surface area contributed by atoms with Gasteiger partial charge in [0.15, 0.2) is 0 Å². The third-order valence-electron chi connectivity index (χ3n) is 4.22. The van der Waals surface area contributed by atoms with Crippen LogP contribution in [0.1, 0.15) is 24.5 Å². The van der Waals surface area contributed by atoms with Crippen LogP contribution in [0.25, 0.3) is 0 Å². The fourth-order valence-corrected chi connectivity index (χ4v) is 2.75. The highest BCUT2D eigenvalue weighted by Crippen LogP contribution is 2.29. The molecule has 4 nitrogen and oxygen atoms in total. The second-order valence-corrected chi connectivity index (χ2v) is 5.87. The smallest absolute Gasteiger partial charge is 0.416 e. The van der Waals surface area contributed by atoms with E-state index in [4.69, 9.17) is 5.11 Å². The summed E-state index contributed by atoms with van der Waals surface area (Å²) in [6, 6.07) is 4.70. The number of alkyl halides is 3. The van der Waals surface area contributed by atoms with Gasteiger partial charge in [0.25, 0.3) is 0 Å². The molecule has 0 spiro atoms. The molecule has 1 heterocycles. The largest absolute Gasteiger partial charge is 0.480 e. The Morgan fingerprint density at radius 1 is 1.17 bits per heavy atom. The lowest BCUT2D eigenvalue weighted by atomic mass is 10.1. The van der Waals surface area contributed by atoms with Crippen LogP contribution in [-0.4, -0.2) is 53.1 Å². The maximum absolute atomic E-state index is 12.6. The lowest BCUT2D eigenvalue weighted by Crippen LogP contribution is -2.41. The van der Waals surface area contributed by atoms with Crippen LogP contribution in [0.2, 0.25) is 0 Å². The second kappa shape index (κ2) is 7.31. The fourth-order valence-electron chi connectivity index (χ4n) is 2.75. The summed E-state index contributed by atoms with van der Waals surface area (Å²) in [5.74, 6) is -0.832. The number of halogens is 3. The van der Waals surface area contributed by atoms with Crippen molar-refractivity contribution in [2.75, 3.05) is 26.2 Å². The molecular formula is C16H21F3N2O2. The van der Waals surface area contributed by atoms with Gasteiger partial charge in [-0.05, 0) is 37.6 Å². The molecule has 0 radical (unpaired) electrons. The number of nitrogens with zero attached hydrogens (tertiary/aromatic N) is 2. The van der Waals surface area contributed by atoms with Crippen LogP contribution in [0.4, 0.5) is 13.2 Å². The van der Waals surface area contributed by atoms with E-state index >= 15 is 0 Å². The summed E-state index contributed by atoms with van der Waals surface area (Å²) < 4.78 is 37.7. The molecular weight excluding hydrogens is 309 g/mol. The Morgan fingerprint density at radius 3 is 2.39 bits per heavy atom. The lowest BCUT2D eigenvalue weighted by Gasteiger charge is -2.24. The first-order chi connectivity index (χ1) is 10.8. The molecule has 1 aliphatic rings. The van der Waals surface area contributed by atoms with Crippen molar-refractivity contribution >= 4 is 5.97 Å². The number of aliphatic carboxylic acids is 1. The highest BCUT2D eigenvalue weighted by molar-refractivity contribution is 5.72. The van der Waals surface area contributed by atoms with Gasteiger partial charge in [0.2, 0.25) is 0 Å². The monoisotopic (exact) mass is 330 g/mol. The Balaban J connectivity index is 1.92. The van der Waals surface area contributed by atoms with Crippen molar-refractivity contribution < 1.29 is 23.1 Å². The summed E-state index contributed by atoms with van der Waals surface area (Å²) >= 11 is 0. The topological polar surface area (TPSA) is 43.8 Å². The second-order valence-electron chi connectivity index (χ2n) is 5.87. The van der Waals surface area contributed by atoms with Gasteiger partial charge in [0, 0.05) is 26.2 Å². The van der Waals surface area contributed by atoms with E-state index in [0.717, 1.165) is 37.2 Å². The van der Waals surface area contributed by atoms with Crippen LogP contribution >= 0.6 is 0 Å². The number of hydrogen-bond acceptors (Lipinski definition) is 3. The molecule has 128 valence electrons. The average molecular weight is 330 g/mol. The van der Waals surface area contributed by atoms with Gasteiger partial charge in [-0.2, -0.15) is 13.2 Å². The van der Waals surface area contributed by atoms with Crippen LogP contribution in [0.15, 0.2) is 24.3 Å². The number of carboxylic acids is 1. The van der Waals surface area contributed by atoms with Crippen molar-refractivity contribution in [3.05, 3.63) is 35.4 Å². The molecule has 0 aromatic heterocycles. The Bertz CT molecular complexity index is 531. The molecule has 1 atom stereocenters. The zero-order valence-electron chi connectivity index (χ0n) is 13.0. The minimum Gasteiger partial charge on any atom is -0.480 e. The molecule has 1 aromatic carbocycles. The maximum Gasteiger partial charge on any atom is 0.416 e. The van der Waals surface area contributed by atoms with E-state index < -0.39 is 23.8 Å². The number of rotatable bonds is 4. The molecule has 0 aliphatic carbocycles. The molecule has 7 heteroatoms. The summed E-state index contributed by atoms with van der Waals surface area (Å²) in [4.78, 5) is 15.1. The zero-order chi connectivity index (χ0) is 17.0. The Morgan fingerprint density at radius 2 is 1.83 bits per heavy atom. The predicted octanol–water partition coefficient (Wildman–Crippen LogP) is 2.69. The summed E-state index contributed by atoms with van der Waals surface area (Å²) in [7, 11) is 0. The molecule has 0 amide bonds. The Kier molecular flexibility index (Phi) is 5.64. The quantitative estimate of drug-likeness (QED) is 0.922. The zero-order valence-corrected chi connectivity index (χ0v) is 13.0. The summed E-state index contributed by atoms with van der Waals surface area (Å²) in [5, 5.41) is 9.07. The molecule has 1 saturated heterocycles. The van der Waals surface area contributed by atoms with Crippen LogP contribution in [0.5, 0.6) is 0 Å². The minimum absolute atomic E-state index is 0.513. The van der Waals surface area contributed by atoms with Gasteiger partial charge in [-0.1, -0.05) is 12.1 Å². The number of hydrogen-bond donors (Lipinski definition) is 1. The van der Waals surface area contributed by atoms with E-state index in [1.807, 2.05) is 4.90 Å². The fraction of sp³-hybridized carbons (Fsp3) is 0.562. The standard InChI is InChI=1S/C16H21F3N2O2/c1-12(15(22)23)21-8-2-7-20(9-10-21)11-13-3-5-14(6-4-13)16(17,18)19/h3-6,12H,2,7-11H2,1H3,(H,22,23)/t12-/m1/s1. The van der Waals surface area contributed by atoms with Crippen molar-refractivity contribution in [3.63, 3.8) is 0 Å². The third-order valence-corrected chi connectivity index (χ3v) is 4.22. The SMILES string of the molecule is C[C@H](C(=O)O)N1CCCN(Cc2ccc(C(F)(F)F)cc2)CC1. The van der Waals surface area contributed by atoms with Crippen LogP contribution in [0.3, 0.4) is 0 Å². The van der Waals surface area contributed by atoms with Crippen LogP contribution < -0.4 is 0 Å². The summed E-state index contributed by atoms with van der Waals surface area (Å²) in [6.45, 7) is 5.13. The number of benzene rings is 1. The minimum atomic E-state index is -4.31. The molecule has 0 bridgehead atoms. The molecule has 0 saturated carbocycles. The van der Waals surface area contributed by atoms with Crippen molar-refractivity contribution in [2.24, 2.45) is 0 Å². The van der Waals surface area contributed by atoms with E-state index in [0.29, 0.717) is 19.6 Å².